The summed E-state index contributed by atoms with van der Waals surface area (Å²) in [4.78, 5) is 14.3. The van der Waals surface area contributed by atoms with Gasteiger partial charge in [-0.3, -0.25) is 4.79 Å². The van der Waals surface area contributed by atoms with Crippen LogP contribution in [0.4, 0.5) is 0 Å². The van der Waals surface area contributed by atoms with Gasteiger partial charge >= 0.3 is 0 Å². The van der Waals surface area contributed by atoms with E-state index >= 15 is 0 Å². The number of rotatable bonds is 6. The van der Waals surface area contributed by atoms with Gasteiger partial charge in [-0.1, -0.05) is 37.0 Å². The smallest absolute Gasteiger partial charge is 0.230 e. The summed E-state index contributed by atoms with van der Waals surface area (Å²) in [6, 6.07) is 5.31. The maximum absolute atomic E-state index is 12.6. The highest BCUT2D eigenvalue weighted by atomic mass is 35.5. The molecule has 0 aliphatic heterocycles. The molecular weight excluding hydrogens is 331 g/mol. The minimum Gasteiger partial charge on any atom is -0.341 e. The Morgan fingerprint density at radius 3 is 2.05 bits per heavy atom. The average Bonchev–Trinajstić information content (AvgIpc) is 2.39. The Morgan fingerprint density at radius 2 is 1.67 bits per heavy atom. The van der Waals surface area contributed by atoms with E-state index in [4.69, 9.17) is 28.9 Å². The topological polar surface area (TPSA) is 46.3 Å². The molecule has 2 N–H and O–H groups in total. The Morgan fingerprint density at radius 1 is 1.19 bits per heavy atom. The summed E-state index contributed by atoms with van der Waals surface area (Å²) in [7, 11) is 1.78. The highest BCUT2D eigenvalue weighted by molar-refractivity contribution is 6.34. The summed E-state index contributed by atoms with van der Waals surface area (Å²) < 4.78 is 0. The normalized spacial score (nSPS) is 11.0. The minimum absolute atomic E-state index is 0. The molecule has 1 aromatic rings. The fraction of sp³-hybridized carbons (Fsp3) is 0.533. The zero-order valence-electron chi connectivity index (χ0n) is 12.7. The molecule has 0 fully saturated rings. The third-order valence-corrected chi connectivity index (χ3v) is 4.32. The lowest BCUT2D eigenvalue weighted by molar-refractivity contribution is -0.141. The third kappa shape index (κ3) is 5.03. The van der Waals surface area contributed by atoms with Crippen LogP contribution in [-0.2, 0) is 11.3 Å². The number of hydrogen-bond donors (Lipinski definition) is 1. The number of benzene rings is 1. The molecule has 0 bridgehead atoms. The van der Waals surface area contributed by atoms with Crippen LogP contribution >= 0.6 is 35.6 Å². The first-order chi connectivity index (χ1) is 9.38. The van der Waals surface area contributed by atoms with E-state index in [1.165, 1.54) is 0 Å². The maximum Gasteiger partial charge on any atom is 0.230 e. The second-order valence-electron chi connectivity index (χ2n) is 5.13. The summed E-state index contributed by atoms with van der Waals surface area (Å²) in [6.07, 6.45) is 1.47. The van der Waals surface area contributed by atoms with Crippen molar-refractivity contribution in [1.29, 1.82) is 0 Å². The van der Waals surface area contributed by atoms with Crippen molar-refractivity contribution in [1.82, 2.24) is 4.90 Å². The standard InChI is InChI=1S/C15H22Cl2N2O.ClH/c1-4-15(5-2,10-18)14(20)19(3)9-11-6-12(16)8-13(17)7-11;/h6-8H,4-5,9-10,18H2,1-3H3;1H. The Kier molecular flexibility index (Phi) is 8.64. The van der Waals surface area contributed by atoms with Crippen LogP contribution in [0.2, 0.25) is 10.0 Å². The van der Waals surface area contributed by atoms with Crippen molar-refractivity contribution in [3.8, 4) is 0 Å². The highest BCUT2D eigenvalue weighted by Crippen LogP contribution is 2.28. The molecule has 1 rings (SSSR count). The van der Waals surface area contributed by atoms with E-state index in [1.807, 2.05) is 26.0 Å². The van der Waals surface area contributed by atoms with E-state index in [0.717, 1.165) is 18.4 Å². The molecular formula is C15H23Cl3N2O. The molecule has 1 amide bonds. The van der Waals surface area contributed by atoms with Crippen LogP contribution in [0.3, 0.4) is 0 Å². The molecule has 21 heavy (non-hydrogen) atoms. The lowest BCUT2D eigenvalue weighted by atomic mass is 9.81. The van der Waals surface area contributed by atoms with Crippen molar-refractivity contribution in [3.05, 3.63) is 33.8 Å². The summed E-state index contributed by atoms with van der Waals surface area (Å²) in [6.45, 7) is 4.83. The van der Waals surface area contributed by atoms with Crippen LogP contribution in [0, 0.1) is 5.41 Å². The van der Waals surface area contributed by atoms with Gasteiger partial charge in [0.15, 0.2) is 0 Å². The SMILES string of the molecule is CCC(CC)(CN)C(=O)N(C)Cc1cc(Cl)cc(Cl)c1.Cl. The van der Waals surface area contributed by atoms with Crippen molar-refractivity contribution in [2.75, 3.05) is 13.6 Å². The Labute approximate surface area is 143 Å². The molecule has 1 aromatic carbocycles. The van der Waals surface area contributed by atoms with Crippen LogP contribution in [-0.4, -0.2) is 24.4 Å². The molecule has 0 atom stereocenters. The van der Waals surface area contributed by atoms with Gasteiger partial charge in [-0.15, -0.1) is 12.4 Å². The van der Waals surface area contributed by atoms with Gasteiger partial charge in [0.25, 0.3) is 0 Å². The fourth-order valence-electron chi connectivity index (χ4n) is 2.38. The number of carbonyl (C=O) groups excluding carboxylic acids is 1. The second-order valence-corrected chi connectivity index (χ2v) is 6.00. The van der Waals surface area contributed by atoms with Crippen molar-refractivity contribution >= 4 is 41.5 Å². The van der Waals surface area contributed by atoms with Crippen molar-refractivity contribution < 1.29 is 4.79 Å². The van der Waals surface area contributed by atoms with E-state index in [2.05, 4.69) is 0 Å². The predicted octanol–water partition coefficient (Wildman–Crippen LogP) is 4.14. The fourth-order valence-corrected chi connectivity index (χ4v) is 2.95. The summed E-state index contributed by atoms with van der Waals surface area (Å²) in [5.74, 6) is 0.0705. The zero-order valence-corrected chi connectivity index (χ0v) is 15.0. The molecule has 0 spiro atoms. The van der Waals surface area contributed by atoms with E-state index in [0.29, 0.717) is 23.1 Å². The van der Waals surface area contributed by atoms with Gasteiger partial charge in [-0.25, -0.2) is 0 Å². The van der Waals surface area contributed by atoms with E-state index in [-0.39, 0.29) is 18.3 Å². The first-order valence-electron chi connectivity index (χ1n) is 6.79. The molecule has 6 heteroatoms. The average molecular weight is 354 g/mol. The van der Waals surface area contributed by atoms with E-state index in [9.17, 15) is 4.79 Å². The molecule has 3 nitrogen and oxygen atoms in total. The molecule has 0 aromatic heterocycles. The van der Waals surface area contributed by atoms with Crippen LogP contribution in [0.1, 0.15) is 32.3 Å². The summed E-state index contributed by atoms with van der Waals surface area (Å²) in [5.41, 5.74) is 6.26. The Bertz CT molecular complexity index is 447. The van der Waals surface area contributed by atoms with Gasteiger partial charge in [0.05, 0.1) is 5.41 Å². The van der Waals surface area contributed by atoms with Gasteiger partial charge in [0.1, 0.15) is 0 Å². The Hall–Kier alpha value is -0.480. The van der Waals surface area contributed by atoms with Crippen molar-refractivity contribution in [2.24, 2.45) is 11.1 Å². The predicted molar refractivity (Wildman–Crippen MR) is 92.3 cm³/mol. The monoisotopic (exact) mass is 352 g/mol. The van der Waals surface area contributed by atoms with Gasteiger partial charge in [-0.05, 0) is 36.6 Å². The molecule has 0 saturated carbocycles. The largest absolute Gasteiger partial charge is 0.341 e. The van der Waals surface area contributed by atoms with Crippen molar-refractivity contribution in [3.63, 3.8) is 0 Å². The van der Waals surface area contributed by atoms with Crippen LogP contribution in [0.15, 0.2) is 18.2 Å². The number of nitrogens with zero attached hydrogens (tertiary/aromatic N) is 1. The van der Waals surface area contributed by atoms with E-state index < -0.39 is 5.41 Å². The molecule has 0 unspecified atom stereocenters. The highest BCUT2D eigenvalue weighted by Gasteiger charge is 2.35. The number of halogens is 3. The number of amides is 1. The third-order valence-electron chi connectivity index (χ3n) is 3.89. The summed E-state index contributed by atoms with van der Waals surface area (Å²) in [5, 5.41) is 1.15. The number of hydrogen-bond acceptors (Lipinski definition) is 2. The zero-order chi connectivity index (χ0) is 15.3. The molecule has 0 aliphatic carbocycles. The molecule has 120 valence electrons. The summed E-state index contributed by atoms with van der Waals surface area (Å²) >= 11 is 12.0. The number of nitrogens with two attached hydrogens (primary N) is 1. The van der Waals surface area contributed by atoms with Gasteiger partial charge < -0.3 is 10.6 Å². The van der Waals surface area contributed by atoms with Gasteiger partial charge in [0, 0.05) is 30.2 Å². The molecule has 0 saturated heterocycles. The lowest BCUT2D eigenvalue weighted by Gasteiger charge is -2.33. The lowest BCUT2D eigenvalue weighted by Crippen LogP contribution is -2.45. The van der Waals surface area contributed by atoms with Crippen molar-refractivity contribution in [2.45, 2.75) is 33.2 Å². The van der Waals surface area contributed by atoms with Gasteiger partial charge in [-0.2, -0.15) is 0 Å². The molecule has 0 radical (unpaired) electrons. The quantitative estimate of drug-likeness (QED) is 0.835. The Balaban J connectivity index is 0.00000400. The van der Waals surface area contributed by atoms with E-state index in [1.54, 1.807) is 18.0 Å². The van der Waals surface area contributed by atoms with Gasteiger partial charge in [0.2, 0.25) is 5.91 Å². The molecule has 0 heterocycles. The second kappa shape index (κ2) is 8.84. The first-order valence-corrected chi connectivity index (χ1v) is 7.54. The van der Waals surface area contributed by atoms with Crippen LogP contribution < -0.4 is 5.73 Å². The van der Waals surface area contributed by atoms with Crippen LogP contribution in [0.25, 0.3) is 0 Å². The minimum atomic E-state index is -0.475. The first kappa shape index (κ1) is 20.5. The maximum atomic E-state index is 12.6. The number of carbonyl (C=O) groups is 1. The molecule has 0 aliphatic rings. The van der Waals surface area contributed by atoms with Crippen LogP contribution in [0.5, 0.6) is 0 Å².